The van der Waals surface area contributed by atoms with Crippen molar-refractivity contribution in [2.45, 2.75) is 26.8 Å². The molecule has 0 radical (unpaired) electrons. The van der Waals surface area contributed by atoms with E-state index in [1.165, 1.54) is 25.1 Å². The van der Waals surface area contributed by atoms with Gasteiger partial charge in [-0.05, 0) is 56.2 Å². The second-order valence-corrected chi connectivity index (χ2v) is 8.83. The zero-order chi connectivity index (χ0) is 19.6. The van der Waals surface area contributed by atoms with Crippen LogP contribution in [0.25, 0.3) is 0 Å². The molecular formula is C18H20Cl2N2O3S. The molecule has 0 aliphatic heterocycles. The van der Waals surface area contributed by atoms with E-state index in [1.54, 1.807) is 6.07 Å². The molecule has 0 heterocycles. The highest BCUT2D eigenvalue weighted by Crippen LogP contribution is 2.29. The number of aryl methyl sites for hydroxylation is 1. The Morgan fingerprint density at radius 2 is 1.69 bits per heavy atom. The van der Waals surface area contributed by atoms with Crippen molar-refractivity contribution in [1.29, 1.82) is 0 Å². The number of nitrogens with one attached hydrogen (secondary N) is 1. The third-order valence-electron chi connectivity index (χ3n) is 4.05. The molecule has 1 N–H and O–H groups in total. The molecule has 2 rings (SSSR count). The Bertz CT molecular complexity index is 925. The van der Waals surface area contributed by atoms with E-state index in [4.69, 9.17) is 23.2 Å². The molecule has 0 aliphatic carbocycles. The molecule has 2 aromatic rings. The van der Waals surface area contributed by atoms with Crippen molar-refractivity contribution in [3.8, 4) is 0 Å². The molecule has 0 saturated heterocycles. The number of carbonyl (C=O) groups excluding carboxylic acids is 1. The zero-order valence-corrected chi connectivity index (χ0v) is 17.2. The number of hydrogen-bond donors (Lipinski definition) is 1. The lowest BCUT2D eigenvalue weighted by atomic mass is 10.1. The molecule has 0 spiro atoms. The second-order valence-electron chi connectivity index (χ2n) is 6.10. The van der Waals surface area contributed by atoms with Gasteiger partial charge in [0.25, 0.3) is 0 Å². The molecule has 1 atom stereocenters. The van der Waals surface area contributed by atoms with Crippen molar-refractivity contribution in [3.63, 3.8) is 0 Å². The van der Waals surface area contributed by atoms with Crippen molar-refractivity contribution >= 4 is 50.5 Å². The van der Waals surface area contributed by atoms with Crippen LogP contribution in [0.15, 0.2) is 36.4 Å². The Kier molecular flexibility index (Phi) is 6.21. The lowest BCUT2D eigenvalue weighted by molar-refractivity contribution is -0.116. The first-order chi connectivity index (χ1) is 12.0. The molecule has 2 aromatic carbocycles. The van der Waals surface area contributed by atoms with Crippen molar-refractivity contribution in [1.82, 2.24) is 0 Å². The molecule has 0 bridgehead atoms. The Morgan fingerprint density at radius 1 is 1.12 bits per heavy atom. The van der Waals surface area contributed by atoms with Gasteiger partial charge in [-0.2, -0.15) is 0 Å². The Balaban J connectivity index is 2.39. The van der Waals surface area contributed by atoms with Gasteiger partial charge in [-0.25, -0.2) is 8.42 Å². The van der Waals surface area contributed by atoms with Gasteiger partial charge < -0.3 is 5.32 Å². The average Bonchev–Trinajstić information content (AvgIpc) is 2.49. The summed E-state index contributed by atoms with van der Waals surface area (Å²) in [5.41, 5.74) is 2.81. The van der Waals surface area contributed by atoms with Crippen LogP contribution in [0.4, 0.5) is 11.4 Å². The molecule has 0 saturated carbocycles. The number of rotatable bonds is 5. The summed E-state index contributed by atoms with van der Waals surface area (Å²) >= 11 is 12.0. The van der Waals surface area contributed by atoms with Gasteiger partial charge in [0.1, 0.15) is 6.04 Å². The average molecular weight is 415 g/mol. The molecule has 0 aliphatic rings. The molecular weight excluding hydrogens is 395 g/mol. The highest BCUT2D eigenvalue weighted by atomic mass is 35.5. The van der Waals surface area contributed by atoms with E-state index < -0.39 is 22.0 Å². The van der Waals surface area contributed by atoms with Crippen LogP contribution in [0.3, 0.4) is 0 Å². The summed E-state index contributed by atoms with van der Waals surface area (Å²) < 4.78 is 25.7. The fraction of sp³-hybridized carbons (Fsp3) is 0.278. The highest BCUT2D eigenvalue weighted by molar-refractivity contribution is 7.92. The van der Waals surface area contributed by atoms with Gasteiger partial charge in [-0.15, -0.1) is 0 Å². The molecule has 5 nitrogen and oxygen atoms in total. The van der Waals surface area contributed by atoms with Crippen LogP contribution in [0.1, 0.15) is 18.1 Å². The van der Waals surface area contributed by atoms with Gasteiger partial charge in [0.15, 0.2) is 0 Å². The maximum atomic E-state index is 12.7. The number of benzene rings is 2. The van der Waals surface area contributed by atoms with Crippen LogP contribution in [-0.4, -0.2) is 26.6 Å². The summed E-state index contributed by atoms with van der Waals surface area (Å²) in [6.07, 6.45) is 1.03. The normalized spacial score (nSPS) is 12.5. The molecule has 0 aromatic heterocycles. The fourth-order valence-electron chi connectivity index (χ4n) is 2.60. The first-order valence-corrected chi connectivity index (χ1v) is 10.4. The third-order valence-corrected chi connectivity index (χ3v) is 5.73. The topological polar surface area (TPSA) is 66.5 Å². The summed E-state index contributed by atoms with van der Waals surface area (Å²) in [7, 11) is -3.75. The lowest BCUT2D eigenvalue weighted by Crippen LogP contribution is -2.45. The fourth-order valence-corrected chi connectivity index (χ4v) is 4.27. The lowest BCUT2D eigenvalue weighted by Gasteiger charge is -2.28. The van der Waals surface area contributed by atoms with Crippen molar-refractivity contribution in [2.24, 2.45) is 0 Å². The highest BCUT2D eigenvalue weighted by Gasteiger charge is 2.30. The van der Waals surface area contributed by atoms with Gasteiger partial charge in [-0.1, -0.05) is 35.3 Å². The Morgan fingerprint density at radius 3 is 2.23 bits per heavy atom. The van der Waals surface area contributed by atoms with E-state index >= 15 is 0 Å². The number of sulfonamides is 1. The van der Waals surface area contributed by atoms with E-state index in [-0.39, 0.29) is 15.7 Å². The van der Waals surface area contributed by atoms with Crippen LogP contribution >= 0.6 is 23.2 Å². The first-order valence-electron chi connectivity index (χ1n) is 7.83. The minimum absolute atomic E-state index is 0.230. The second kappa shape index (κ2) is 7.86. The largest absolute Gasteiger partial charge is 0.324 e. The predicted octanol–water partition coefficient (Wildman–Crippen LogP) is 4.40. The minimum Gasteiger partial charge on any atom is -0.324 e. The van der Waals surface area contributed by atoms with Crippen molar-refractivity contribution < 1.29 is 13.2 Å². The molecule has 8 heteroatoms. The minimum atomic E-state index is -3.75. The Labute approximate surface area is 164 Å². The molecule has 0 fully saturated rings. The predicted molar refractivity (Wildman–Crippen MR) is 108 cm³/mol. The van der Waals surface area contributed by atoms with Crippen molar-refractivity contribution in [3.05, 3.63) is 57.6 Å². The van der Waals surface area contributed by atoms with Gasteiger partial charge in [0.2, 0.25) is 15.9 Å². The molecule has 140 valence electrons. The summed E-state index contributed by atoms with van der Waals surface area (Å²) in [4.78, 5) is 12.7. The molecule has 0 unspecified atom stereocenters. The van der Waals surface area contributed by atoms with E-state index in [0.29, 0.717) is 5.69 Å². The number of anilines is 2. The summed E-state index contributed by atoms with van der Waals surface area (Å²) in [5, 5.41) is 3.35. The van der Waals surface area contributed by atoms with E-state index in [0.717, 1.165) is 21.7 Å². The smallest absolute Gasteiger partial charge is 0.248 e. The van der Waals surface area contributed by atoms with Gasteiger partial charge in [0.05, 0.1) is 11.9 Å². The van der Waals surface area contributed by atoms with Gasteiger partial charge in [-0.3, -0.25) is 9.10 Å². The van der Waals surface area contributed by atoms with Gasteiger partial charge >= 0.3 is 0 Å². The monoisotopic (exact) mass is 414 g/mol. The zero-order valence-electron chi connectivity index (χ0n) is 14.9. The number of carbonyl (C=O) groups is 1. The number of halogens is 2. The maximum absolute atomic E-state index is 12.7. The van der Waals surface area contributed by atoms with E-state index in [1.807, 2.05) is 26.0 Å². The molecule has 1 amide bonds. The van der Waals surface area contributed by atoms with E-state index in [9.17, 15) is 13.2 Å². The van der Waals surface area contributed by atoms with Crippen LogP contribution in [-0.2, 0) is 14.8 Å². The van der Waals surface area contributed by atoms with Crippen LogP contribution in [0, 0.1) is 13.8 Å². The number of hydrogen-bond acceptors (Lipinski definition) is 3. The standard InChI is InChI=1S/C18H20Cl2N2O3S/c1-11-6-5-7-17(12(11)2)21-18(23)13(3)22(26(4,24)25)16-9-14(19)8-15(20)10-16/h5-10,13H,1-4H3,(H,21,23)/t13-/m1/s1. The van der Waals surface area contributed by atoms with Crippen LogP contribution in [0.2, 0.25) is 10.0 Å². The summed E-state index contributed by atoms with van der Waals surface area (Å²) in [6, 6.07) is 8.94. The Hall–Kier alpha value is -1.76. The number of nitrogens with zero attached hydrogens (tertiary/aromatic N) is 1. The SMILES string of the molecule is Cc1cccc(NC(=O)[C@@H](C)N(c2cc(Cl)cc(Cl)c2)S(C)(=O)=O)c1C. The summed E-state index contributed by atoms with van der Waals surface area (Å²) in [5.74, 6) is -0.458. The quantitative estimate of drug-likeness (QED) is 0.787. The summed E-state index contributed by atoms with van der Waals surface area (Å²) in [6.45, 7) is 5.34. The maximum Gasteiger partial charge on any atom is 0.248 e. The van der Waals surface area contributed by atoms with Crippen molar-refractivity contribution in [2.75, 3.05) is 15.9 Å². The van der Waals surface area contributed by atoms with Gasteiger partial charge in [0, 0.05) is 15.7 Å². The number of amides is 1. The van der Waals surface area contributed by atoms with Crippen LogP contribution in [0.5, 0.6) is 0 Å². The molecule has 26 heavy (non-hydrogen) atoms. The van der Waals surface area contributed by atoms with Crippen LogP contribution < -0.4 is 9.62 Å². The third kappa shape index (κ3) is 4.69. The van der Waals surface area contributed by atoms with E-state index in [2.05, 4.69) is 5.32 Å². The first kappa shape index (κ1) is 20.6.